The van der Waals surface area contributed by atoms with Gasteiger partial charge in [-0.05, 0) is 34.8 Å². The lowest BCUT2D eigenvalue weighted by Gasteiger charge is -2.12. The fourth-order valence-electron chi connectivity index (χ4n) is 1.96. The molecule has 1 fully saturated rings. The molecule has 1 saturated carbocycles. The smallest absolute Gasteiger partial charge is 0.258 e. The Kier molecular flexibility index (Phi) is 4.36. The number of nitrogens with zero attached hydrogens (tertiary/aromatic N) is 1. The topological polar surface area (TPSA) is 51.2 Å². The van der Waals surface area contributed by atoms with Gasteiger partial charge in [-0.1, -0.05) is 12.8 Å². The van der Waals surface area contributed by atoms with Crippen molar-refractivity contribution in [1.29, 1.82) is 0 Å². The van der Waals surface area contributed by atoms with E-state index in [2.05, 4.69) is 26.2 Å². The molecule has 1 aromatic heterocycles. The Balaban J connectivity index is 1.75. The third kappa shape index (κ3) is 4.00. The Bertz CT molecular complexity index is 392. The third-order valence-electron chi connectivity index (χ3n) is 2.77. The van der Waals surface area contributed by atoms with Crippen molar-refractivity contribution in [3.05, 3.63) is 22.9 Å². The molecule has 4 nitrogen and oxygen atoms in total. The van der Waals surface area contributed by atoms with Crippen molar-refractivity contribution in [2.75, 3.05) is 6.61 Å². The Morgan fingerprint density at radius 1 is 1.47 bits per heavy atom. The van der Waals surface area contributed by atoms with E-state index >= 15 is 0 Å². The van der Waals surface area contributed by atoms with E-state index in [0.717, 1.165) is 17.3 Å². The number of ether oxygens (including phenoxy) is 1. The molecule has 0 spiro atoms. The molecule has 0 atom stereocenters. The molecule has 0 radical (unpaired) electrons. The average Bonchev–Trinajstić information content (AvgIpc) is 2.79. The number of rotatable bonds is 4. The van der Waals surface area contributed by atoms with E-state index in [4.69, 9.17) is 4.74 Å². The molecule has 0 aromatic carbocycles. The van der Waals surface area contributed by atoms with Gasteiger partial charge in [0.1, 0.15) is 5.75 Å². The number of carbonyl (C=O) groups excluding carboxylic acids is 1. The molecule has 1 aromatic rings. The van der Waals surface area contributed by atoms with Gasteiger partial charge in [0.2, 0.25) is 0 Å². The minimum absolute atomic E-state index is 0.0502. The van der Waals surface area contributed by atoms with E-state index in [9.17, 15) is 4.79 Å². The van der Waals surface area contributed by atoms with Gasteiger partial charge < -0.3 is 10.1 Å². The predicted octanol–water partition coefficient (Wildman–Crippen LogP) is 2.28. The van der Waals surface area contributed by atoms with Crippen LogP contribution in [-0.4, -0.2) is 23.5 Å². The quantitative estimate of drug-likeness (QED) is 0.928. The molecular formula is C12H15BrN2O2. The normalized spacial score (nSPS) is 15.8. The van der Waals surface area contributed by atoms with Crippen LogP contribution in [0.4, 0.5) is 0 Å². The van der Waals surface area contributed by atoms with Crippen molar-refractivity contribution >= 4 is 21.8 Å². The average molecular weight is 299 g/mol. The van der Waals surface area contributed by atoms with Gasteiger partial charge in [-0.3, -0.25) is 9.78 Å². The van der Waals surface area contributed by atoms with Crippen molar-refractivity contribution in [3.8, 4) is 5.75 Å². The first-order chi connectivity index (χ1) is 8.24. The van der Waals surface area contributed by atoms with Gasteiger partial charge in [-0.15, -0.1) is 0 Å². The number of nitrogens with one attached hydrogen (secondary N) is 1. The van der Waals surface area contributed by atoms with Crippen molar-refractivity contribution in [2.24, 2.45) is 0 Å². The SMILES string of the molecule is O=C(COc1cncc(Br)c1)NC1CCCC1. The molecule has 0 bridgehead atoms. The van der Waals surface area contributed by atoms with E-state index in [-0.39, 0.29) is 12.5 Å². The van der Waals surface area contributed by atoms with E-state index in [1.807, 2.05) is 0 Å². The molecular weight excluding hydrogens is 284 g/mol. The summed E-state index contributed by atoms with van der Waals surface area (Å²) in [5.41, 5.74) is 0. The Labute approximate surface area is 109 Å². The fraction of sp³-hybridized carbons (Fsp3) is 0.500. The minimum Gasteiger partial charge on any atom is -0.482 e. The number of pyridine rings is 1. The molecule has 2 rings (SSSR count). The highest BCUT2D eigenvalue weighted by Crippen LogP contribution is 2.18. The molecule has 1 heterocycles. The zero-order valence-corrected chi connectivity index (χ0v) is 11.1. The molecule has 17 heavy (non-hydrogen) atoms. The summed E-state index contributed by atoms with van der Waals surface area (Å²) in [7, 11) is 0. The van der Waals surface area contributed by atoms with E-state index < -0.39 is 0 Å². The van der Waals surface area contributed by atoms with Crippen LogP contribution in [0.2, 0.25) is 0 Å². The first kappa shape index (κ1) is 12.4. The lowest BCUT2D eigenvalue weighted by Crippen LogP contribution is -2.36. The van der Waals surface area contributed by atoms with Crippen molar-refractivity contribution in [2.45, 2.75) is 31.7 Å². The number of hydrogen-bond donors (Lipinski definition) is 1. The highest BCUT2D eigenvalue weighted by molar-refractivity contribution is 9.10. The summed E-state index contributed by atoms with van der Waals surface area (Å²) >= 11 is 3.30. The molecule has 0 aliphatic heterocycles. The summed E-state index contributed by atoms with van der Waals surface area (Å²) in [6.07, 6.45) is 7.86. The molecule has 5 heteroatoms. The monoisotopic (exact) mass is 298 g/mol. The van der Waals surface area contributed by atoms with Gasteiger partial charge in [0, 0.05) is 16.7 Å². The van der Waals surface area contributed by atoms with Crippen molar-refractivity contribution in [3.63, 3.8) is 0 Å². The number of carbonyl (C=O) groups is 1. The second-order valence-corrected chi connectivity index (χ2v) is 5.09. The van der Waals surface area contributed by atoms with Crippen LogP contribution >= 0.6 is 15.9 Å². The highest BCUT2D eigenvalue weighted by atomic mass is 79.9. The molecule has 1 N–H and O–H groups in total. The van der Waals surface area contributed by atoms with Crippen LogP contribution in [-0.2, 0) is 4.79 Å². The highest BCUT2D eigenvalue weighted by Gasteiger charge is 2.17. The molecule has 1 amide bonds. The Morgan fingerprint density at radius 2 is 2.24 bits per heavy atom. The second-order valence-electron chi connectivity index (χ2n) is 4.18. The van der Waals surface area contributed by atoms with Gasteiger partial charge in [0.15, 0.2) is 6.61 Å². The van der Waals surface area contributed by atoms with E-state index in [1.54, 1.807) is 18.5 Å². The van der Waals surface area contributed by atoms with Crippen molar-refractivity contribution < 1.29 is 9.53 Å². The zero-order valence-electron chi connectivity index (χ0n) is 9.49. The molecule has 1 aliphatic carbocycles. The summed E-state index contributed by atoms with van der Waals surface area (Å²) < 4.78 is 6.19. The largest absolute Gasteiger partial charge is 0.482 e. The van der Waals surface area contributed by atoms with Crippen LogP contribution < -0.4 is 10.1 Å². The van der Waals surface area contributed by atoms with Gasteiger partial charge in [0.05, 0.1) is 6.20 Å². The van der Waals surface area contributed by atoms with Crippen molar-refractivity contribution in [1.82, 2.24) is 10.3 Å². The Hall–Kier alpha value is -1.10. The first-order valence-electron chi connectivity index (χ1n) is 5.77. The van der Waals surface area contributed by atoms with Gasteiger partial charge in [0.25, 0.3) is 5.91 Å². The third-order valence-corrected chi connectivity index (χ3v) is 3.20. The van der Waals surface area contributed by atoms with E-state index in [0.29, 0.717) is 11.8 Å². The number of aromatic nitrogens is 1. The summed E-state index contributed by atoms with van der Waals surface area (Å²) in [5.74, 6) is 0.540. The van der Waals surface area contributed by atoms with Crippen LogP contribution in [0, 0.1) is 0 Å². The predicted molar refractivity (Wildman–Crippen MR) is 67.8 cm³/mol. The van der Waals surface area contributed by atoms with Crippen LogP contribution in [0.15, 0.2) is 22.9 Å². The summed E-state index contributed by atoms with van der Waals surface area (Å²) in [5, 5.41) is 2.97. The van der Waals surface area contributed by atoms with Crippen LogP contribution in [0.1, 0.15) is 25.7 Å². The van der Waals surface area contributed by atoms with Gasteiger partial charge in [-0.25, -0.2) is 0 Å². The summed E-state index contributed by atoms with van der Waals surface area (Å²) in [6.45, 7) is 0.0502. The maximum atomic E-state index is 11.6. The fourth-order valence-corrected chi connectivity index (χ4v) is 2.30. The Morgan fingerprint density at radius 3 is 2.94 bits per heavy atom. The molecule has 0 unspecified atom stereocenters. The lowest BCUT2D eigenvalue weighted by atomic mass is 10.2. The van der Waals surface area contributed by atoms with Crippen LogP contribution in [0.25, 0.3) is 0 Å². The maximum Gasteiger partial charge on any atom is 0.258 e. The van der Waals surface area contributed by atoms with Gasteiger partial charge in [-0.2, -0.15) is 0 Å². The molecule has 1 aliphatic rings. The maximum absolute atomic E-state index is 11.6. The summed E-state index contributed by atoms with van der Waals surface area (Å²) in [6, 6.07) is 2.13. The number of hydrogen-bond acceptors (Lipinski definition) is 3. The molecule has 92 valence electrons. The van der Waals surface area contributed by atoms with Crippen LogP contribution in [0.5, 0.6) is 5.75 Å². The zero-order chi connectivity index (χ0) is 12.1. The van der Waals surface area contributed by atoms with Gasteiger partial charge >= 0.3 is 0 Å². The first-order valence-corrected chi connectivity index (χ1v) is 6.56. The van der Waals surface area contributed by atoms with E-state index in [1.165, 1.54) is 12.8 Å². The second kappa shape index (κ2) is 6.00. The molecule has 0 saturated heterocycles. The standard InChI is InChI=1S/C12H15BrN2O2/c13-9-5-11(7-14-6-9)17-8-12(16)15-10-3-1-2-4-10/h5-7,10H,1-4,8H2,(H,15,16). The van der Waals surface area contributed by atoms with Crippen LogP contribution in [0.3, 0.4) is 0 Å². The number of amides is 1. The number of halogens is 1. The summed E-state index contributed by atoms with van der Waals surface area (Å²) in [4.78, 5) is 15.6. The minimum atomic E-state index is -0.0584. The lowest BCUT2D eigenvalue weighted by molar-refractivity contribution is -0.123.